The summed E-state index contributed by atoms with van der Waals surface area (Å²) in [5.41, 5.74) is 16.1. The maximum absolute atomic E-state index is 4.86. The maximum Gasteiger partial charge on any atom is 0.207 e. The van der Waals surface area contributed by atoms with Crippen molar-refractivity contribution >= 4 is 68.2 Å². The second kappa shape index (κ2) is 15.1. The van der Waals surface area contributed by atoms with E-state index in [0.29, 0.717) is 11.3 Å². The molecule has 320 valence electrons. The lowest BCUT2D eigenvalue weighted by Crippen LogP contribution is -2.37. The molecule has 0 radical (unpaired) electrons. The molecule has 2 aliphatic rings. The molecular formula is C59H38N8S. The van der Waals surface area contributed by atoms with Crippen LogP contribution in [-0.4, -0.2) is 29.2 Å². The largest absolute Gasteiger partial charge is 0.310 e. The lowest BCUT2D eigenvalue weighted by Gasteiger charge is -2.46. The fourth-order valence-corrected chi connectivity index (χ4v) is 11.8. The van der Waals surface area contributed by atoms with E-state index in [1.165, 1.54) is 43.4 Å². The van der Waals surface area contributed by atoms with Gasteiger partial charge in [0.05, 0.1) is 39.2 Å². The average molecular weight is 891 g/mol. The molecular weight excluding hydrogens is 853 g/mol. The van der Waals surface area contributed by atoms with Gasteiger partial charge < -0.3 is 9.80 Å². The highest BCUT2D eigenvalue weighted by atomic mass is 32.2. The third-order valence-corrected chi connectivity index (χ3v) is 14.7. The van der Waals surface area contributed by atoms with Gasteiger partial charge in [-0.05, 0) is 119 Å². The Hall–Kier alpha value is -8.79. The number of fused-ring (bicyclic) bond motifs is 10. The molecule has 0 saturated heterocycles. The first-order chi connectivity index (χ1) is 33.8. The molecule has 9 heteroatoms. The van der Waals surface area contributed by atoms with Gasteiger partial charge in [0.2, 0.25) is 11.3 Å². The normalized spacial score (nSPS) is 13.6. The van der Waals surface area contributed by atoms with E-state index in [4.69, 9.17) is 20.4 Å². The highest BCUT2D eigenvalue weighted by molar-refractivity contribution is 7.99. The Morgan fingerprint density at radius 1 is 0.324 bits per heavy atom. The van der Waals surface area contributed by atoms with Gasteiger partial charge in [0, 0.05) is 32.3 Å². The van der Waals surface area contributed by atoms with Crippen molar-refractivity contribution in [2.45, 2.75) is 15.2 Å². The van der Waals surface area contributed by atoms with E-state index in [0.717, 1.165) is 56.6 Å². The molecule has 0 saturated carbocycles. The van der Waals surface area contributed by atoms with Gasteiger partial charge in [-0.2, -0.15) is 0 Å². The predicted octanol–water partition coefficient (Wildman–Crippen LogP) is 14.4. The van der Waals surface area contributed by atoms with Crippen molar-refractivity contribution in [2.24, 2.45) is 0 Å². The fourth-order valence-electron chi connectivity index (χ4n) is 10.7. The summed E-state index contributed by atoms with van der Waals surface area (Å²) in [6.45, 7) is 0. The first kappa shape index (κ1) is 38.5. The summed E-state index contributed by atoms with van der Waals surface area (Å²) in [7, 11) is 0. The zero-order valence-corrected chi connectivity index (χ0v) is 37.2. The summed E-state index contributed by atoms with van der Waals surface area (Å²) >= 11 is 1.81. The summed E-state index contributed by atoms with van der Waals surface area (Å²) < 4.78 is 4.23. The summed E-state index contributed by atoms with van der Waals surface area (Å²) in [5, 5.41) is 19.3. The Morgan fingerprint density at radius 3 is 1.15 bits per heavy atom. The minimum absolute atomic E-state index is 0.532. The van der Waals surface area contributed by atoms with Crippen LogP contribution in [0.25, 0.3) is 45.1 Å². The lowest BCUT2D eigenvalue weighted by molar-refractivity contribution is 0.731. The standard InChI is InChI=1S/C59H38N8S/c1-3-17-41(18-4-1)59(42-19-5-2-6-20-42)45-21-7-9-23-47(45)64(48-24-10-8-22-46(48)59)43-35-31-39(32-36-43)55-60-62-57-58-63-61-56(67(58)50-26-12-11-25-49(50)66(55)57)40-33-37-44(38-34-40)65-51-27-13-15-29-53(51)68-54-30-16-14-28-52(54)65/h1-38H. The molecule has 0 aliphatic carbocycles. The van der Waals surface area contributed by atoms with Gasteiger partial charge in [0.1, 0.15) is 0 Å². The number of anilines is 6. The number of hydrogen-bond acceptors (Lipinski definition) is 7. The van der Waals surface area contributed by atoms with E-state index < -0.39 is 5.41 Å². The Balaban J connectivity index is 0.862. The number of rotatable bonds is 6. The van der Waals surface area contributed by atoms with Crippen LogP contribution in [0.4, 0.5) is 34.1 Å². The molecule has 0 atom stereocenters. The predicted molar refractivity (Wildman–Crippen MR) is 273 cm³/mol. The fraction of sp³-hybridized carbons (Fsp3) is 0.0169. The van der Waals surface area contributed by atoms with Crippen molar-refractivity contribution in [3.05, 3.63) is 253 Å². The van der Waals surface area contributed by atoms with Crippen LogP contribution in [0.3, 0.4) is 0 Å². The molecule has 0 amide bonds. The summed E-state index contributed by atoms with van der Waals surface area (Å²) in [6.07, 6.45) is 0. The van der Waals surface area contributed by atoms with Gasteiger partial charge in [0.25, 0.3) is 0 Å². The van der Waals surface area contributed by atoms with Crippen molar-refractivity contribution in [1.82, 2.24) is 29.2 Å². The molecule has 3 aromatic heterocycles. The number of nitrogens with zero attached hydrogens (tertiary/aromatic N) is 8. The van der Waals surface area contributed by atoms with Crippen LogP contribution >= 0.6 is 11.8 Å². The van der Waals surface area contributed by atoms with Crippen LogP contribution in [0, 0.1) is 0 Å². The SMILES string of the molecule is c1ccc(C2(c3ccccc3)c3ccccc3N(c3ccc(-c4nnc5c6nnc(-c7ccc(N8c9ccccc9Sc9ccccc98)cc7)n6c6ccccc6n45)cc3)c3ccccc32)cc1. The topological polar surface area (TPSA) is 66.9 Å². The Morgan fingerprint density at radius 2 is 0.691 bits per heavy atom. The minimum Gasteiger partial charge on any atom is -0.310 e. The highest BCUT2D eigenvalue weighted by Gasteiger charge is 2.46. The summed E-state index contributed by atoms with van der Waals surface area (Å²) in [6, 6.07) is 82.3. The minimum atomic E-state index is -0.532. The quantitative estimate of drug-likeness (QED) is 0.165. The third-order valence-electron chi connectivity index (χ3n) is 13.6. The molecule has 9 aromatic carbocycles. The first-order valence-electron chi connectivity index (χ1n) is 22.7. The van der Waals surface area contributed by atoms with Crippen molar-refractivity contribution in [3.63, 3.8) is 0 Å². The van der Waals surface area contributed by atoms with Gasteiger partial charge in [-0.3, -0.25) is 8.80 Å². The Labute approximate surface area is 396 Å². The lowest BCUT2D eigenvalue weighted by atomic mass is 9.62. The van der Waals surface area contributed by atoms with Gasteiger partial charge in [-0.15, -0.1) is 20.4 Å². The molecule has 0 spiro atoms. The molecule has 0 unspecified atom stereocenters. The van der Waals surface area contributed by atoms with E-state index >= 15 is 0 Å². The van der Waals surface area contributed by atoms with E-state index in [1.807, 2.05) is 11.8 Å². The summed E-state index contributed by atoms with van der Waals surface area (Å²) in [5.74, 6) is 1.46. The molecule has 0 fully saturated rings. The molecule has 14 rings (SSSR count). The average Bonchev–Trinajstić information content (AvgIpc) is 4.07. The Kier molecular flexibility index (Phi) is 8.56. The van der Waals surface area contributed by atoms with Crippen molar-refractivity contribution < 1.29 is 0 Å². The summed E-state index contributed by atoms with van der Waals surface area (Å²) in [4.78, 5) is 7.19. The maximum atomic E-state index is 4.86. The van der Waals surface area contributed by atoms with Gasteiger partial charge in [0.15, 0.2) is 11.6 Å². The van der Waals surface area contributed by atoms with Crippen LogP contribution in [-0.2, 0) is 5.41 Å². The zero-order valence-electron chi connectivity index (χ0n) is 36.4. The van der Waals surface area contributed by atoms with Gasteiger partial charge in [-0.1, -0.05) is 145 Å². The van der Waals surface area contributed by atoms with Crippen molar-refractivity contribution in [3.8, 4) is 22.8 Å². The van der Waals surface area contributed by atoms with Crippen molar-refractivity contribution in [2.75, 3.05) is 9.80 Å². The van der Waals surface area contributed by atoms with E-state index in [2.05, 4.69) is 249 Å². The van der Waals surface area contributed by atoms with Crippen LogP contribution in [0.2, 0.25) is 0 Å². The van der Waals surface area contributed by atoms with Crippen LogP contribution in [0.1, 0.15) is 22.3 Å². The molecule has 2 aliphatic heterocycles. The number of aromatic nitrogens is 6. The van der Waals surface area contributed by atoms with Gasteiger partial charge >= 0.3 is 0 Å². The monoisotopic (exact) mass is 890 g/mol. The molecule has 0 N–H and O–H groups in total. The zero-order chi connectivity index (χ0) is 44.8. The molecule has 5 heterocycles. The smallest absolute Gasteiger partial charge is 0.207 e. The van der Waals surface area contributed by atoms with Crippen molar-refractivity contribution in [1.29, 1.82) is 0 Å². The third kappa shape index (κ3) is 5.57. The second-order valence-electron chi connectivity index (χ2n) is 17.2. The molecule has 68 heavy (non-hydrogen) atoms. The van der Waals surface area contributed by atoms with Crippen LogP contribution in [0.15, 0.2) is 240 Å². The number of hydrogen-bond donors (Lipinski definition) is 0. The second-order valence-corrected chi connectivity index (χ2v) is 18.3. The van der Waals surface area contributed by atoms with Crippen LogP contribution in [0.5, 0.6) is 0 Å². The van der Waals surface area contributed by atoms with E-state index in [-0.39, 0.29) is 0 Å². The molecule has 8 nitrogen and oxygen atoms in total. The first-order valence-corrected chi connectivity index (χ1v) is 23.6. The number of para-hydroxylation sites is 6. The van der Waals surface area contributed by atoms with Gasteiger partial charge in [-0.25, -0.2) is 0 Å². The van der Waals surface area contributed by atoms with E-state index in [9.17, 15) is 0 Å². The molecule has 12 aromatic rings. The van der Waals surface area contributed by atoms with E-state index in [1.54, 1.807) is 0 Å². The molecule has 0 bridgehead atoms. The number of benzene rings is 9. The Bertz CT molecular complexity index is 3770. The van der Waals surface area contributed by atoms with Crippen LogP contribution < -0.4 is 9.80 Å². The highest BCUT2D eigenvalue weighted by Crippen LogP contribution is 2.58.